The van der Waals surface area contributed by atoms with Crippen molar-refractivity contribution in [3.05, 3.63) is 143 Å². The van der Waals surface area contributed by atoms with Gasteiger partial charge < -0.3 is 4.90 Å². The van der Waals surface area contributed by atoms with E-state index in [9.17, 15) is 0 Å². The van der Waals surface area contributed by atoms with Crippen molar-refractivity contribution >= 4 is 27.8 Å². The fraction of sp³-hybridized carbons (Fsp3) is 0.214. The predicted octanol–water partition coefficient (Wildman–Crippen LogP) is 11.0. The molecule has 1 aromatic heterocycles. The molecule has 214 valence electrons. The highest BCUT2D eigenvalue weighted by atomic mass is 15.2. The Labute approximate surface area is 260 Å². The Bertz CT molecular complexity index is 2120. The first-order chi connectivity index (χ1) is 21.1. The Morgan fingerprint density at radius 3 is 1.57 bits per heavy atom. The third kappa shape index (κ3) is 3.08. The van der Waals surface area contributed by atoms with Gasteiger partial charge >= 0.3 is 0 Å². The summed E-state index contributed by atoms with van der Waals surface area (Å²) in [5, 5.41) is 2.40. The SMILES string of the molecule is CC1(C)c2cccc3c2N2c4c1cccc4C(C)(C)c1cc(-c4cccc(-c5nccc6ccccc56)c4)cc(c12)C3(C)C. The molecule has 0 amide bonds. The molecular formula is C42H36N2. The molecule has 2 nitrogen and oxygen atoms in total. The van der Waals surface area contributed by atoms with Gasteiger partial charge in [-0.05, 0) is 74.2 Å². The maximum absolute atomic E-state index is 4.85. The van der Waals surface area contributed by atoms with Crippen molar-refractivity contribution in [1.82, 2.24) is 4.98 Å². The number of para-hydroxylation sites is 2. The van der Waals surface area contributed by atoms with Crippen LogP contribution in [0.15, 0.2) is 109 Å². The molecule has 0 atom stereocenters. The van der Waals surface area contributed by atoms with E-state index in [0.29, 0.717) is 0 Å². The van der Waals surface area contributed by atoms with Gasteiger partial charge in [-0.3, -0.25) is 4.98 Å². The normalized spacial score (nSPS) is 17.4. The van der Waals surface area contributed by atoms with Gasteiger partial charge in [-0.15, -0.1) is 0 Å². The van der Waals surface area contributed by atoms with E-state index in [2.05, 4.69) is 150 Å². The molecule has 3 aliphatic rings. The monoisotopic (exact) mass is 568 g/mol. The van der Waals surface area contributed by atoms with Crippen LogP contribution in [0.1, 0.15) is 74.9 Å². The van der Waals surface area contributed by atoms with Crippen LogP contribution in [-0.4, -0.2) is 4.98 Å². The van der Waals surface area contributed by atoms with Gasteiger partial charge in [-0.25, -0.2) is 0 Å². The van der Waals surface area contributed by atoms with Gasteiger partial charge in [0.1, 0.15) is 0 Å². The molecule has 0 N–H and O–H groups in total. The Balaban J connectivity index is 1.33. The second-order valence-electron chi connectivity index (χ2n) is 14.5. The molecule has 0 bridgehead atoms. The molecule has 6 aromatic rings. The Morgan fingerprint density at radius 2 is 0.955 bits per heavy atom. The van der Waals surface area contributed by atoms with Crippen molar-refractivity contribution in [3.8, 4) is 22.4 Å². The summed E-state index contributed by atoms with van der Waals surface area (Å²) in [7, 11) is 0. The number of hydrogen-bond donors (Lipinski definition) is 0. The number of fused-ring (bicyclic) bond motifs is 1. The lowest BCUT2D eigenvalue weighted by Crippen LogP contribution is -2.43. The van der Waals surface area contributed by atoms with E-state index in [1.165, 1.54) is 72.3 Å². The average Bonchev–Trinajstić information content (AvgIpc) is 3.03. The Hall–Kier alpha value is -4.69. The number of benzene rings is 5. The minimum Gasteiger partial charge on any atom is -0.309 e. The van der Waals surface area contributed by atoms with Crippen LogP contribution in [0.25, 0.3) is 33.2 Å². The first kappa shape index (κ1) is 25.8. The van der Waals surface area contributed by atoms with Crippen molar-refractivity contribution in [1.29, 1.82) is 0 Å². The highest BCUT2D eigenvalue weighted by molar-refractivity contribution is 5.99. The van der Waals surface area contributed by atoms with Crippen molar-refractivity contribution in [2.24, 2.45) is 0 Å². The minimum atomic E-state index is -0.160. The van der Waals surface area contributed by atoms with E-state index < -0.39 is 0 Å². The van der Waals surface area contributed by atoms with Gasteiger partial charge in [0, 0.05) is 33.4 Å². The van der Waals surface area contributed by atoms with E-state index in [-0.39, 0.29) is 16.2 Å². The maximum atomic E-state index is 4.85. The zero-order chi connectivity index (χ0) is 30.2. The largest absolute Gasteiger partial charge is 0.309 e. The third-order valence-corrected chi connectivity index (χ3v) is 11.0. The molecule has 3 aliphatic heterocycles. The lowest BCUT2D eigenvalue weighted by atomic mass is 9.60. The Kier molecular flexibility index (Phi) is 4.84. The van der Waals surface area contributed by atoms with Crippen LogP contribution >= 0.6 is 0 Å². The minimum absolute atomic E-state index is 0.0790. The molecule has 0 fully saturated rings. The molecule has 5 aromatic carbocycles. The lowest BCUT2D eigenvalue weighted by Gasteiger charge is -2.55. The molecule has 4 heterocycles. The number of anilines is 3. The quantitative estimate of drug-likeness (QED) is 0.207. The number of rotatable bonds is 2. The van der Waals surface area contributed by atoms with E-state index in [1.807, 2.05) is 6.20 Å². The molecule has 9 rings (SSSR count). The van der Waals surface area contributed by atoms with Crippen LogP contribution in [0.5, 0.6) is 0 Å². The van der Waals surface area contributed by atoms with E-state index in [0.717, 1.165) is 11.3 Å². The molecular weight excluding hydrogens is 532 g/mol. The smallest absolute Gasteiger partial charge is 0.0780 e. The first-order valence-corrected chi connectivity index (χ1v) is 15.8. The molecule has 0 saturated heterocycles. The number of aromatic nitrogens is 1. The van der Waals surface area contributed by atoms with Crippen LogP contribution in [0.4, 0.5) is 17.1 Å². The third-order valence-electron chi connectivity index (χ3n) is 11.0. The second-order valence-corrected chi connectivity index (χ2v) is 14.5. The van der Waals surface area contributed by atoms with Crippen LogP contribution in [0, 0.1) is 0 Å². The zero-order valence-corrected chi connectivity index (χ0v) is 26.3. The standard InChI is InChI=1S/C42H36N2/c1-40(2)30-16-10-18-32-37(30)44-38-31(40)17-11-19-33(38)42(5,6)35-24-28(23-34(39(35)44)41(32,3)4)26-13-9-14-27(22-26)36-29-15-8-7-12-25(29)20-21-43-36/h7-24H,1-6H3. The highest BCUT2D eigenvalue weighted by Gasteiger charge is 2.51. The van der Waals surface area contributed by atoms with Gasteiger partial charge in [0.15, 0.2) is 0 Å². The number of pyridine rings is 1. The van der Waals surface area contributed by atoms with Gasteiger partial charge in [0.25, 0.3) is 0 Å². The molecule has 0 radical (unpaired) electrons. The van der Waals surface area contributed by atoms with E-state index >= 15 is 0 Å². The average molecular weight is 569 g/mol. The van der Waals surface area contributed by atoms with Crippen molar-refractivity contribution < 1.29 is 0 Å². The van der Waals surface area contributed by atoms with Gasteiger partial charge in [0.05, 0.1) is 22.8 Å². The number of nitrogens with zero attached hydrogens (tertiary/aromatic N) is 2. The van der Waals surface area contributed by atoms with E-state index in [1.54, 1.807) is 0 Å². The van der Waals surface area contributed by atoms with Crippen molar-refractivity contribution in [2.45, 2.75) is 57.8 Å². The van der Waals surface area contributed by atoms with Crippen LogP contribution < -0.4 is 4.90 Å². The van der Waals surface area contributed by atoms with Crippen LogP contribution in [0.3, 0.4) is 0 Å². The van der Waals surface area contributed by atoms with Gasteiger partial charge in [-0.1, -0.05) is 120 Å². The number of hydrogen-bond acceptors (Lipinski definition) is 2. The summed E-state index contributed by atoms with van der Waals surface area (Å²) in [5.74, 6) is 0. The molecule has 0 saturated carbocycles. The molecule has 0 unspecified atom stereocenters. The summed E-state index contributed by atoms with van der Waals surface area (Å²) in [6.45, 7) is 14.5. The van der Waals surface area contributed by atoms with Crippen molar-refractivity contribution in [2.75, 3.05) is 4.90 Å². The van der Waals surface area contributed by atoms with E-state index in [4.69, 9.17) is 4.98 Å². The maximum Gasteiger partial charge on any atom is 0.0780 e. The molecule has 2 heteroatoms. The van der Waals surface area contributed by atoms with Crippen LogP contribution in [0.2, 0.25) is 0 Å². The molecule has 44 heavy (non-hydrogen) atoms. The molecule has 0 spiro atoms. The van der Waals surface area contributed by atoms with Crippen LogP contribution in [-0.2, 0) is 16.2 Å². The fourth-order valence-electron chi connectivity index (χ4n) is 8.55. The predicted molar refractivity (Wildman–Crippen MR) is 184 cm³/mol. The summed E-state index contributed by atoms with van der Waals surface area (Å²) in [4.78, 5) is 7.49. The first-order valence-electron chi connectivity index (χ1n) is 15.8. The topological polar surface area (TPSA) is 16.1 Å². The van der Waals surface area contributed by atoms with Gasteiger partial charge in [0.2, 0.25) is 0 Å². The summed E-state index contributed by atoms with van der Waals surface area (Å²) in [5.41, 5.74) is 16.9. The van der Waals surface area contributed by atoms with Gasteiger partial charge in [-0.2, -0.15) is 0 Å². The highest BCUT2D eigenvalue weighted by Crippen LogP contribution is 2.66. The Morgan fingerprint density at radius 1 is 0.455 bits per heavy atom. The summed E-state index contributed by atoms with van der Waals surface area (Å²) < 4.78 is 0. The molecule has 0 aliphatic carbocycles. The summed E-state index contributed by atoms with van der Waals surface area (Å²) >= 11 is 0. The lowest BCUT2D eigenvalue weighted by molar-refractivity contribution is 0.567. The van der Waals surface area contributed by atoms with Crippen molar-refractivity contribution in [3.63, 3.8) is 0 Å². The summed E-state index contributed by atoms with van der Waals surface area (Å²) in [6.07, 6.45) is 1.93. The fourth-order valence-corrected chi connectivity index (χ4v) is 8.55. The zero-order valence-electron chi connectivity index (χ0n) is 26.3. The second kappa shape index (κ2) is 8.27. The summed E-state index contributed by atoms with van der Waals surface area (Å²) in [6, 6.07) is 38.6.